The van der Waals surface area contributed by atoms with E-state index in [0.29, 0.717) is 6.61 Å². The Morgan fingerprint density at radius 2 is 1.88 bits per heavy atom. The fraction of sp³-hybridized carbons (Fsp3) is 0.143. The lowest BCUT2D eigenvalue weighted by molar-refractivity contribution is -0.137. The zero-order chi connectivity index (χ0) is 12.5. The van der Waals surface area contributed by atoms with Crippen molar-refractivity contribution < 1.29 is 9.53 Å². The molecule has 0 bridgehead atoms. The van der Waals surface area contributed by atoms with E-state index in [1.165, 1.54) is 12.2 Å². The average molecular weight is 227 g/mol. The number of hydrogen-bond acceptors (Lipinski definition) is 3. The van der Waals surface area contributed by atoms with Gasteiger partial charge in [-0.25, -0.2) is 4.79 Å². The van der Waals surface area contributed by atoms with Gasteiger partial charge in [-0.1, -0.05) is 24.3 Å². The normalized spacial score (nSPS) is 10.6. The van der Waals surface area contributed by atoms with E-state index in [-0.39, 0.29) is 5.97 Å². The minimum absolute atomic E-state index is 0.346. The molecule has 3 heteroatoms. The number of carbonyl (C=O) groups is 1. The van der Waals surface area contributed by atoms with E-state index in [2.05, 4.69) is 0 Å². The maximum absolute atomic E-state index is 11.1. The van der Waals surface area contributed by atoms with E-state index in [1.807, 2.05) is 30.3 Å². The van der Waals surface area contributed by atoms with Crippen LogP contribution in [0.2, 0.25) is 0 Å². The van der Waals surface area contributed by atoms with Crippen LogP contribution in [0.25, 0.3) is 12.2 Å². The summed E-state index contributed by atoms with van der Waals surface area (Å²) in [6.45, 7) is 2.14. The first-order chi connectivity index (χ1) is 8.26. The third-order valence-corrected chi connectivity index (χ3v) is 1.99. The first-order valence-corrected chi connectivity index (χ1v) is 5.27. The number of carbonyl (C=O) groups excluding carboxylic acids is 1. The predicted molar refractivity (Wildman–Crippen MR) is 66.8 cm³/mol. The molecule has 0 aliphatic rings. The maximum Gasteiger partial charge on any atom is 0.330 e. The van der Waals surface area contributed by atoms with Crippen LogP contribution >= 0.6 is 0 Å². The van der Waals surface area contributed by atoms with Crippen molar-refractivity contribution in [1.29, 1.82) is 5.26 Å². The Labute approximate surface area is 101 Å². The fourth-order valence-electron chi connectivity index (χ4n) is 1.21. The molecule has 1 rings (SSSR count). The summed E-state index contributed by atoms with van der Waals surface area (Å²) in [4.78, 5) is 11.1. The monoisotopic (exact) mass is 227 g/mol. The summed E-state index contributed by atoms with van der Waals surface area (Å²) in [5.41, 5.74) is 1.85. The number of ether oxygens (including phenoxy) is 1. The van der Waals surface area contributed by atoms with Crippen LogP contribution < -0.4 is 0 Å². The van der Waals surface area contributed by atoms with Crippen molar-refractivity contribution in [3.63, 3.8) is 0 Å². The van der Waals surface area contributed by atoms with Gasteiger partial charge in [-0.15, -0.1) is 0 Å². The van der Waals surface area contributed by atoms with Crippen molar-refractivity contribution >= 4 is 18.1 Å². The molecule has 0 amide bonds. The number of esters is 1. The largest absolute Gasteiger partial charge is 0.463 e. The molecule has 0 N–H and O–H groups in total. The van der Waals surface area contributed by atoms with E-state index in [4.69, 9.17) is 10.00 Å². The SMILES string of the molecule is CCOC(=O)/C=C/c1ccc(/C=C/C#N)cc1. The van der Waals surface area contributed by atoms with Crippen molar-refractivity contribution in [2.45, 2.75) is 6.92 Å². The van der Waals surface area contributed by atoms with Gasteiger partial charge in [0.25, 0.3) is 0 Å². The van der Waals surface area contributed by atoms with Crippen LogP contribution in [0.15, 0.2) is 36.4 Å². The topological polar surface area (TPSA) is 50.1 Å². The molecule has 0 saturated carbocycles. The molecule has 0 atom stereocenters. The summed E-state index contributed by atoms with van der Waals surface area (Å²) in [6.07, 6.45) is 6.22. The number of rotatable bonds is 4. The lowest BCUT2D eigenvalue weighted by Crippen LogP contribution is -1.98. The van der Waals surface area contributed by atoms with Gasteiger partial charge < -0.3 is 4.74 Å². The number of hydrogen-bond donors (Lipinski definition) is 0. The van der Waals surface area contributed by atoms with Gasteiger partial charge >= 0.3 is 5.97 Å². The third kappa shape index (κ3) is 4.80. The van der Waals surface area contributed by atoms with Crippen molar-refractivity contribution in [3.8, 4) is 6.07 Å². The molecule has 0 heterocycles. The third-order valence-electron chi connectivity index (χ3n) is 1.99. The molecule has 0 radical (unpaired) electrons. The summed E-state index contributed by atoms with van der Waals surface area (Å²) in [5, 5.41) is 8.38. The van der Waals surface area contributed by atoms with Gasteiger partial charge in [-0.05, 0) is 30.2 Å². The maximum atomic E-state index is 11.1. The van der Waals surface area contributed by atoms with Crippen LogP contribution in [-0.4, -0.2) is 12.6 Å². The molecular weight excluding hydrogens is 214 g/mol. The van der Waals surface area contributed by atoms with Gasteiger partial charge in [0.05, 0.1) is 12.7 Å². The second-order valence-electron chi connectivity index (χ2n) is 3.21. The quantitative estimate of drug-likeness (QED) is 0.451. The Morgan fingerprint density at radius 1 is 1.29 bits per heavy atom. The van der Waals surface area contributed by atoms with E-state index in [9.17, 15) is 4.79 Å². The highest BCUT2D eigenvalue weighted by atomic mass is 16.5. The molecule has 0 fully saturated rings. The van der Waals surface area contributed by atoms with Crippen LogP contribution in [-0.2, 0) is 9.53 Å². The molecule has 0 aliphatic carbocycles. The Morgan fingerprint density at radius 3 is 2.41 bits per heavy atom. The molecule has 0 aromatic heterocycles. The summed E-state index contributed by atoms with van der Waals surface area (Å²) in [5.74, 6) is -0.346. The molecule has 17 heavy (non-hydrogen) atoms. The average Bonchev–Trinajstić information content (AvgIpc) is 2.35. The van der Waals surface area contributed by atoms with Crippen molar-refractivity contribution in [2.24, 2.45) is 0 Å². The van der Waals surface area contributed by atoms with E-state index in [0.717, 1.165) is 11.1 Å². The lowest BCUT2D eigenvalue weighted by atomic mass is 10.1. The van der Waals surface area contributed by atoms with Crippen molar-refractivity contribution in [1.82, 2.24) is 0 Å². The molecule has 1 aromatic carbocycles. The van der Waals surface area contributed by atoms with Gasteiger partial charge in [0.2, 0.25) is 0 Å². The standard InChI is InChI=1S/C14H13NO2/c1-2-17-14(16)10-9-13-7-5-12(6-8-13)4-3-11-15/h3-10H,2H2,1H3/b4-3+,10-9+. The molecule has 0 aliphatic heterocycles. The second-order valence-corrected chi connectivity index (χ2v) is 3.21. The number of nitriles is 1. The van der Waals surface area contributed by atoms with Crippen LogP contribution in [0.4, 0.5) is 0 Å². The Kier molecular flexibility index (Phi) is 5.26. The highest BCUT2D eigenvalue weighted by molar-refractivity contribution is 5.87. The highest BCUT2D eigenvalue weighted by Gasteiger charge is 1.93. The van der Waals surface area contributed by atoms with Crippen LogP contribution in [0.1, 0.15) is 18.1 Å². The minimum atomic E-state index is -0.346. The molecular formula is C14H13NO2. The molecule has 3 nitrogen and oxygen atoms in total. The molecule has 1 aromatic rings. The Hall–Kier alpha value is -2.34. The first kappa shape index (κ1) is 12.7. The zero-order valence-corrected chi connectivity index (χ0v) is 9.59. The van der Waals surface area contributed by atoms with Gasteiger partial charge in [0.15, 0.2) is 0 Å². The molecule has 0 unspecified atom stereocenters. The molecule has 86 valence electrons. The fourth-order valence-corrected chi connectivity index (χ4v) is 1.21. The molecule has 0 saturated heterocycles. The summed E-state index contributed by atoms with van der Waals surface area (Å²) in [7, 11) is 0. The van der Waals surface area contributed by atoms with Crippen LogP contribution in [0, 0.1) is 11.3 Å². The predicted octanol–water partition coefficient (Wildman–Crippen LogP) is 2.80. The van der Waals surface area contributed by atoms with Gasteiger partial charge in [-0.2, -0.15) is 5.26 Å². The molecule has 0 spiro atoms. The number of allylic oxidation sites excluding steroid dienone is 1. The van der Waals surface area contributed by atoms with Crippen LogP contribution in [0.3, 0.4) is 0 Å². The number of benzene rings is 1. The van der Waals surface area contributed by atoms with E-state index >= 15 is 0 Å². The smallest absolute Gasteiger partial charge is 0.330 e. The first-order valence-electron chi connectivity index (χ1n) is 5.27. The summed E-state index contributed by atoms with van der Waals surface area (Å²) >= 11 is 0. The Bertz CT molecular complexity index is 464. The lowest BCUT2D eigenvalue weighted by Gasteiger charge is -1.96. The van der Waals surface area contributed by atoms with Gasteiger partial charge in [-0.3, -0.25) is 0 Å². The minimum Gasteiger partial charge on any atom is -0.463 e. The summed E-state index contributed by atoms with van der Waals surface area (Å²) < 4.78 is 4.77. The Balaban J connectivity index is 2.66. The van der Waals surface area contributed by atoms with Crippen molar-refractivity contribution in [2.75, 3.05) is 6.61 Å². The highest BCUT2D eigenvalue weighted by Crippen LogP contribution is 2.07. The van der Waals surface area contributed by atoms with E-state index < -0.39 is 0 Å². The zero-order valence-electron chi connectivity index (χ0n) is 9.59. The summed E-state index contributed by atoms with van der Waals surface area (Å²) in [6, 6.07) is 9.41. The van der Waals surface area contributed by atoms with Gasteiger partial charge in [0, 0.05) is 12.2 Å². The number of nitrogens with zero attached hydrogens (tertiary/aromatic N) is 1. The van der Waals surface area contributed by atoms with Crippen molar-refractivity contribution in [3.05, 3.63) is 47.5 Å². The van der Waals surface area contributed by atoms with E-state index in [1.54, 1.807) is 19.1 Å². The second kappa shape index (κ2) is 7.02. The van der Waals surface area contributed by atoms with Gasteiger partial charge in [0.1, 0.15) is 0 Å². The van der Waals surface area contributed by atoms with Crippen LogP contribution in [0.5, 0.6) is 0 Å².